The Labute approximate surface area is 121 Å². The molecule has 1 aromatic rings. The lowest BCUT2D eigenvalue weighted by atomic mass is 10.1. The number of thiophene rings is 1. The second-order valence-corrected chi connectivity index (χ2v) is 6.58. The van der Waals surface area contributed by atoms with E-state index in [9.17, 15) is 0 Å². The lowest BCUT2D eigenvalue weighted by Crippen LogP contribution is -2.42. The molecule has 0 amide bonds. The first-order chi connectivity index (χ1) is 9.28. The van der Waals surface area contributed by atoms with Gasteiger partial charge in [-0.1, -0.05) is 0 Å². The number of likely N-dealkylation sites (tertiary alicyclic amines) is 1. The summed E-state index contributed by atoms with van der Waals surface area (Å²) in [6.07, 6.45) is 2.96. The zero-order valence-corrected chi connectivity index (χ0v) is 13.0. The predicted octanol–water partition coefficient (Wildman–Crippen LogP) is 2.65. The molecule has 1 unspecified atom stereocenters. The van der Waals surface area contributed by atoms with Gasteiger partial charge in [0, 0.05) is 42.5 Å². The van der Waals surface area contributed by atoms with Crippen LogP contribution in [0.3, 0.4) is 0 Å². The highest BCUT2D eigenvalue weighted by Crippen LogP contribution is 2.15. The molecular formula is C15H26N2OS. The zero-order chi connectivity index (χ0) is 13.5. The minimum Gasteiger partial charge on any atom is -0.377 e. The summed E-state index contributed by atoms with van der Waals surface area (Å²) in [5, 5.41) is 3.54. The Morgan fingerprint density at radius 3 is 3.11 bits per heavy atom. The van der Waals surface area contributed by atoms with Gasteiger partial charge in [-0.05, 0) is 45.4 Å². The van der Waals surface area contributed by atoms with Crippen molar-refractivity contribution in [2.24, 2.45) is 0 Å². The molecule has 1 atom stereocenters. The van der Waals surface area contributed by atoms with Gasteiger partial charge in [0.25, 0.3) is 0 Å². The Hall–Kier alpha value is -0.420. The van der Waals surface area contributed by atoms with Crippen LogP contribution in [0.15, 0.2) is 12.1 Å². The Morgan fingerprint density at radius 1 is 1.47 bits per heavy atom. The van der Waals surface area contributed by atoms with Gasteiger partial charge in [0.1, 0.15) is 0 Å². The van der Waals surface area contributed by atoms with E-state index in [1.807, 2.05) is 11.3 Å². The van der Waals surface area contributed by atoms with E-state index in [2.05, 4.69) is 36.2 Å². The second-order valence-electron chi connectivity index (χ2n) is 5.21. The number of hydrogen-bond donors (Lipinski definition) is 1. The van der Waals surface area contributed by atoms with Crippen molar-refractivity contribution in [3.8, 4) is 0 Å². The van der Waals surface area contributed by atoms with E-state index in [4.69, 9.17) is 4.74 Å². The van der Waals surface area contributed by atoms with Gasteiger partial charge < -0.3 is 10.1 Å². The maximum Gasteiger partial charge on any atom is 0.0702 e. The molecule has 108 valence electrons. The van der Waals surface area contributed by atoms with Crippen molar-refractivity contribution in [1.29, 1.82) is 0 Å². The maximum atomic E-state index is 5.73. The Kier molecular flexibility index (Phi) is 6.31. The molecule has 0 aromatic carbocycles. The van der Waals surface area contributed by atoms with Crippen LogP contribution >= 0.6 is 11.3 Å². The molecule has 2 heterocycles. The highest BCUT2D eigenvalue weighted by Gasteiger charge is 2.19. The number of nitrogens with one attached hydrogen (secondary N) is 1. The quantitative estimate of drug-likeness (QED) is 0.778. The van der Waals surface area contributed by atoms with Gasteiger partial charge in [0.15, 0.2) is 0 Å². The average Bonchev–Trinajstić information content (AvgIpc) is 2.82. The summed E-state index contributed by atoms with van der Waals surface area (Å²) < 4.78 is 5.73. The molecule has 0 radical (unpaired) electrons. The van der Waals surface area contributed by atoms with Crippen LogP contribution in [-0.4, -0.2) is 43.8 Å². The molecule has 19 heavy (non-hydrogen) atoms. The van der Waals surface area contributed by atoms with Gasteiger partial charge in [-0.2, -0.15) is 0 Å². The fourth-order valence-corrected chi connectivity index (χ4v) is 3.48. The second kappa shape index (κ2) is 8.00. The monoisotopic (exact) mass is 282 g/mol. The van der Waals surface area contributed by atoms with Crippen molar-refractivity contribution < 1.29 is 4.74 Å². The Bertz CT molecular complexity index is 365. The van der Waals surface area contributed by atoms with Gasteiger partial charge in [0.2, 0.25) is 0 Å². The standard InChI is InChI=1S/C15H26N2OS/c1-3-18-14-5-4-9-17(12-14)10-8-16-11-15-7-6-13(2)19-15/h6-7,14,16H,3-5,8-12H2,1-2H3. The molecule has 1 aliphatic rings. The van der Waals surface area contributed by atoms with E-state index in [0.717, 1.165) is 32.8 Å². The van der Waals surface area contributed by atoms with E-state index in [-0.39, 0.29) is 0 Å². The molecule has 1 N–H and O–H groups in total. The first-order valence-electron chi connectivity index (χ1n) is 7.38. The highest BCUT2D eigenvalue weighted by molar-refractivity contribution is 7.11. The first-order valence-corrected chi connectivity index (χ1v) is 8.19. The molecule has 0 aliphatic carbocycles. The van der Waals surface area contributed by atoms with Gasteiger partial charge in [-0.25, -0.2) is 0 Å². The van der Waals surface area contributed by atoms with Crippen LogP contribution in [-0.2, 0) is 11.3 Å². The van der Waals surface area contributed by atoms with E-state index < -0.39 is 0 Å². The van der Waals surface area contributed by atoms with Crippen molar-refractivity contribution in [2.75, 3.05) is 32.8 Å². The van der Waals surface area contributed by atoms with Crippen LogP contribution in [0.25, 0.3) is 0 Å². The number of nitrogens with zero attached hydrogens (tertiary/aromatic N) is 1. The summed E-state index contributed by atoms with van der Waals surface area (Å²) in [6.45, 7) is 10.6. The highest BCUT2D eigenvalue weighted by atomic mass is 32.1. The molecular weight excluding hydrogens is 256 g/mol. The minimum absolute atomic E-state index is 0.457. The Balaban J connectivity index is 1.60. The SMILES string of the molecule is CCOC1CCCN(CCNCc2ccc(C)s2)C1. The number of rotatable bonds is 7. The van der Waals surface area contributed by atoms with Gasteiger partial charge >= 0.3 is 0 Å². The molecule has 1 aromatic heterocycles. The number of aryl methyl sites for hydroxylation is 1. The largest absolute Gasteiger partial charge is 0.377 e. The summed E-state index contributed by atoms with van der Waals surface area (Å²) in [6, 6.07) is 4.41. The van der Waals surface area contributed by atoms with Gasteiger partial charge in [-0.3, -0.25) is 4.90 Å². The van der Waals surface area contributed by atoms with Crippen LogP contribution in [0, 0.1) is 6.92 Å². The maximum absolute atomic E-state index is 5.73. The third-order valence-electron chi connectivity index (χ3n) is 3.56. The van der Waals surface area contributed by atoms with E-state index in [1.165, 1.54) is 29.1 Å². The predicted molar refractivity (Wildman–Crippen MR) is 81.9 cm³/mol. The van der Waals surface area contributed by atoms with Crippen LogP contribution in [0.5, 0.6) is 0 Å². The third-order valence-corrected chi connectivity index (χ3v) is 4.57. The molecule has 0 spiro atoms. The molecule has 3 nitrogen and oxygen atoms in total. The lowest BCUT2D eigenvalue weighted by molar-refractivity contribution is 0.00635. The van der Waals surface area contributed by atoms with Crippen molar-refractivity contribution in [2.45, 2.75) is 39.3 Å². The first kappa shape index (κ1) is 15.0. The summed E-state index contributed by atoms with van der Waals surface area (Å²) in [5.74, 6) is 0. The summed E-state index contributed by atoms with van der Waals surface area (Å²) in [7, 11) is 0. The smallest absolute Gasteiger partial charge is 0.0702 e. The van der Waals surface area contributed by atoms with E-state index in [1.54, 1.807) is 0 Å². The van der Waals surface area contributed by atoms with Crippen LogP contribution in [0.1, 0.15) is 29.5 Å². The van der Waals surface area contributed by atoms with Gasteiger partial charge in [-0.15, -0.1) is 11.3 Å². The molecule has 2 rings (SSSR count). The van der Waals surface area contributed by atoms with E-state index in [0.29, 0.717) is 6.10 Å². The molecule has 1 aliphatic heterocycles. The molecule has 4 heteroatoms. The van der Waals surface area contributed by atoms with Crippen LogP contribution < -0.4 is 5.32 Å². The summed E-state index contributed by atoms with van der Waals surface area (Å²) >= 11 is 1.88. The van der Waals surface area contributed by atoms with Crippen LogP contribution in [0.2, 0.25) is 0 Å². The topological polar surface area (TPSA) is 24.5 Å². The van der Waals surface area contributed by atoms with Crippen molar-refractivity contribution in [1.82, 2.24) is 10.2 Å². The average molecular weight is 282 g/mol. The lowest BCUT2D eigenvalue weighted by Gasteiger charge is -2.32. The number of hydrogen-bond acceptors (Lipinski definition) is 4. The minimum atomic E-state index is 0.457. The van der Waals surface area contributed by atoms with Gasteiger partial charge in [0.05, 0.1) is 6.10 Å². The fraction of sp³-hybridized carbons (Fsp3) is 0.733. The van der Waals surface area contributed by atoms with Crippen molar-refractivity contribution in [3.63, 3.8) is 0 Å². The van der Waals surface area contributed by atoms with Crippen molar-refractivity contribution >= 4 is 11.3 Å². The van der Waals surface area contributed by atoms with Crippen molar-refractivity contribution in [3.05, 3.63) is 21.9 Å². The zero-order valence-electron chi connectivity index (χ0n) is 12.2. The fourth-order valence-electron chi connectivity index (χ4n) is 2.62. The normalized spacial score (nSPS) is 20.8. The molecule has 0 bridgehead atoms. The molecule has 1 saturated heterocycles. The number of ether oxygens (including phenoxy) is 1. The third kappa shape index (κ3) is 5.22. The van der Waals surface area contributed by atoms with Crippen LogP contribution in [0.4, 0.5) is 0 Å². The molecule has 0 saturated carbocycles. The number of piperidine rings is 1. The van der Waals surface area contributed by atoms with E-state index >= 15 is 0 Å². The Morgan fingerprint density at radius 2 is 2.37 bits per heavy atom. The summed E-state index contributed by atoms with van der Waals surface area (Å²) in [4.78, 5) is 5.35. The summed E-state index contributed by atoms with van der Waals surface area (Å²) in [5.41, 5.74) is 0. The molecule has 1 fully saturated rings.